The van der Waals surface area contributed by atoms with E-state index in [1.807, 2.05) is 26.0 Å². The van der Waals surface area contributed by atoms with Gasteiger partial charge < -0.3 is 4.74 Å². The first-order valence-corrected chi connectivity index (χ1v) is 7.76. The van der Waals surface area contributed by atoms with Crippen molar-refractivity contribution in [2.75, 3.05) is 7.11 Å². The Morgan fingerprint density at radius 3 is 2.39 bits per heavy atom. The van der Waals surface area contributed by atoms with Crippen molar-refractivity contribution in [3.8, 4) is 5.75 Å². The predicted octanol–water partition coefficient (Wildman–Crippen LogP) is 5.02. The summed E-state index contributed by atoms with van der Waals surface area (Å²) in [6, 6.07) is 6.14. The maximum Gasteiger partial charge on any atom is 0.133 e. The van der Waals surface area contributed by atoms with Crippen LogP contribution in [0.2, 0.25) is 0 Å². The largest absolute Gasteiger partial charge is 0.496 e. The van der Waals surface area contributed by atoms with E-state index in [9.17, 15) is 0 Å². The Balaban J connectivity index is 0.00000137. The summed E-state index contributed by atoms with van der Waals surface area (Å²) in [4.78, 5) is 0. The van der Waals surface area contributed by atoms with Crippen molar-refractivity contribution in [1.82, 2.24) is 4.72 Å². The molecule has 1 rings (SSSR count). The molecule has 1 N–H and O–H groups in total. The van der Waals surface area contributed by atoms with Gasteiger partial charge in [-0.2, -0.15) is 0 Å². The maximum absolute atomic E-state index is 5.25. The number of hydrogen-bond donors (Lipinski definition) is 1. The van der Waals surface area contributed by atoms with E-state index in [1.54, 1.807) is 19.1 Å². The molecule has 0 saturated carbocycles. The SMILES string of the molecule is CC.COc1cc(CNSC(C)(C)C)ccc1Br. The quantitative estimate of drug-likeness (QED) is 0.781. The lowest BCUT2D eigenvalue weighted by atomic mass is 10.2. The molecule has 0 aliphatic rings. The minimum absolute atomic E-state index is 0.236. The van der Waals surface area contributed by atoms with Crippen molar-refractivity contribution in [3.63, 3.8) is 0 Å². The Kier molecular flexibility index (Phi) is 8.74. The molecule has 0 radical (unpaired) electrons. The van der Waals surface area contributed by atoms with Crippen LogP contribution in [0, 0.1) is 0 Å². The monoisotopic (exact) mass is 333 g/mol. The molecule has 0 aromatic heterocycles. The molecule has 0 saturated heterocycles. The van der Waals surface area contributed by atoms with Gasteiger partial charge in [0.2, 0.25) is 0 Å². The first kappa shape index (κ1) is 17.8. The van der Waals surface area contributed by atoms with Gasteiger partial charge in [0.25, 0.3) is 0 Å². The van der Waals surface area contributed by atoms with Crippen LogP contribution in [-0.2, 0) is 6.54 Å². The van der Waals surface area contributed by atoms with Crippen LogP contribution in [-0.4, -0.2) is 11.9 Å². The van der Waals surface area contributed by atoms with Gasteiger partial charge in [-0.3, -0.25) is 4.72 Å². The summed E-state index contributed by atoms with van der Waals surface area (Å²) in [5, 5.41) is 0. The highest BCUT2D eigenvalue weighted by Crippen LogP contribution is 2.26. The molecule has 2 nitrogen and oxygen atoms in total. The van der Waals surface area contributed by atoms with Crippen LogP contribution in [0.1, 0.15) is 40.2 Å². The van der Waals surface area contributed by atoms with E-state index in [0.29, 0.717) is 0 Å². The van der Waals surface area contributed by atoms with E-state index in [4.69, 9.17) is 4.74 Å². The van der Waals surface area contributed by atoms with E-state index in [0.717, 1.165) is 16.8 Å². The summed E-state index contributed by atoms with van der Waals surface area (Å²) in [7, 11) is 1.68. The number of benzene rings is 1. The highest BCUT2D eigenvalue weighted by Gasteiger charge is 2.10. The lowest BCUT2D eigenvalue weighted by Gasteiger charge is -2.17. The smallest absolute Gasteiger partial charge is 0.133 e. The number of methoxy groups -OCH3 is 1. The highest BCUT2D eigenvalue weighted by atomic mass is 79.9. The van der Waals surface area contributed by atoms with Crippen molar-refractivity contribution in [2.24, 2.45) is 0 Å². The third-order valence-electron chi connectivity index (χ3n) is 1.87. The summed E-state index contributed by atoms with van der Waals surface area (Å²) < 4.78 is 9.83. The molecule has 0 heterocycles. The predicted molar refractivity (Wildman–Crippen MR) is 86.2 cm³/mol. The van der Waals surface area contributed by atoms with Gasteiger partial charge in [-0.05, 0) is 54.4 Å². The molecule has 1 aromatic rings. The van der Waals surface area contributed by atoms with Crippen molar-refractivity contribution < 1.29 is 4.74 Å². The van der Waals surface area contributed by atoms with Crippen molar-refractivity contribution in [2.45, 2.75) is 45.9 Å². The van der Waals surface area contributed by atoms with Crippen LogP contribution in [0.15, 0.2) is 22.7 Å². The van der Waals surface area contributed by atoms with Gasteiger partial charge in [-0.1, -0.05) is 31.9 Å². The van der Waals surface area contributed by atoms with Crippen molar-refractivity contribution >= 4 is 27.9 Å². The van der Waals surface area contributed by atoms with Gasteiger partial charge in [-0.25, -0.2) is 0 Å². The Morgan fingerprint density at radius 1 is 1.28 bits per heavy atom. The molecule has 0 atom stereocenters. The van der Waals surface area contributed by atoms with Crippen LogP contribution in [0.4, 0.5) is 0 Å². The Morgan fingerprint density at radius 2 is 1.89 bits per heavy atom. The van der Waals surface area contributed by atoms with Crippen LogP contribution in [0.3, 0.4) is 0 Å². The molecular weight excluding hydrogens is 310 g/mol. The number of halogens is 1. The Labute approximate surface area is 124 Å². The lowest BCUT2D eigenvalue weighted by Crippen LogP contribution is -2.16. The fourth-order valence-electron chi connectivity index (χ4n) is 1.15. The standard InChI is InChI=1S/C12H18BrNOS.C2H6/c1-12(2,3)16-14-8-9-5-6-10(13)11(7-9)15-4;1-2/h5-7,14H,8H2,1-4H3;1-2H3. The van der Waals surface area contributed by atoms with Crippen molar-refractivity contribution in [3.05, 3.63) is 28.2 Å². The second-order valence-corrected chi connectivity index (χ2v) is 7.08. The number of hydrogen-bond acceptors (Lipinski definition) is 3. The van der Waals surface area contributed by atoms with Gasteiger partial charge in [0.1, 0.15) is 5.75 Å². The van der Waals surface area contributed by atoms with Gasteiger partial charge in [0.15, 0.2) is 0 Å². The zero-order valence-electron chi connectivity index (χ0n) is 12.1. The third-order valence-corrected chi connectivity index (χ3v) is 3.43. The van der Waals surface area contributed by atoms with Crippen LogP contribution in [0.5, 0.6) is 5.75 Å². The zero-order chi connectivity index (χ0) is 14.2. The Hall–Kier alpha value is -0.190. The minimum atomic E-state index is 0.236. The number of rotatable bonds is 4. The van der Waals surface area contributed by atoms with Gasteiger partial charge in [0.05, 0.1) is 11.6 Å². The summed E-state index contributed by atoms with van der Waals surface area (Å²) in [5.74, 6) is 0.875. The Bertz CT molecular complexity index is 350. The molecule has 18 heavy (non-hydrogen) atoms. The summed E-state index contributed by atoms with van der Waals surface area (Å²) in [6.45, 7) is 11.4. The molecule has 0 bridgehead atoms. The van der Waals surface area contributed by atoms with Crippen molar-refractivity contribution in [1.29, 1.82) is 0 Å². The topological polar surface area (TPSA) is 21.3 Å². The van der Waals surface area contributed by atoms with Gasteiger partial charge in [-0.15, -0.1) is 0 Å². The third kappa shape index (κ3) is 7.29. The van der Waals surface area contributed by atoms with Gasteiger partial charge in [0, 0.05) is 11.3 Å². The molecular formula is C14H24BrNOS. The molecule has 4 heteroatoms. The molecule has 0 fully saturated rings. The summed E-state index contributed by atoms with van der Waals surface area (Å²) in [5.41, 5.74) is 1.22. The van der Waals surface area contributed by atoms with Gasteiger partial charge >= 0.3 is 0 Å². The zero-order valence-corrected chi connectivity index (χ0v) is 14.5. The molecule has 0 amide bonds. The van der Waals surface area contributed by atoms with E-state index in [1.165, 1.54) is 5.56 Å². The fourth-order valence-corrected chi connectivity index (χ4v) is 2.23. The highest BCUT2D eigenvalue weighted by molar-refractivity contribution is 9.10. The van der Waals surface area contributed by atoms with Crippen LogP contribution < -0.4 is 9.46 Å². The van der Waals surface area contributed by atoms with E-state index >= 15 is 0 Å². The molecule has 0 aliphatic heterocycles. The summed E-state index contributed by atoms with van der Waals surface area (Å²) >= 11 is 5.18. The average Bonchev–Trinajstić information content (AvgIpc) is 2.32. The second-order valence-electron chi connectivity index (χ2n) is 4.50. The second kappa shape index (κ2) is 8.83. The average molecular weight is 334 g/mol. The normalized spacial score (nSPS) is 10.6. The fraction of sp³-hybridized carbons (Fsp3) is 0.571. The number of ether oxygens (including phenoxy) is 1. The first-order chi connectivity index (χ1) is 8.42. The molecule has 0 aliphatic carbocycles. The van der Waals surface area contributed by atoms with E-state index in [-0.39, 0.29) is 4.75 Å². The molecule has 0 unspecified atom stereocenters. The minimum Gasteiger partial charge on any atom is -0.496 e. The molecule has 1 aromatic carbocycles. The summed E-state index contributed by atoms with van der Waals surface area (Å²) in [6.07, 6.45) is 0. The maximum atomic E-state index is 5.25. The molecule has 0 spiro atoms. The van der Waals surface area contributed by atoms with E-state index in [2.05, 4.69) is 47.5 Å². The van der Waals surface area contributed by atoms with Crippen LogP contribution in [0.25, 0.3) is 0 Å². The lowest BCUT2D eigenvalue weighted by molar-refractivity contribution is 0.411. The van der Waals surface area contributed by atoms with E-state index < -0.39 is 0 Å². The molecule has 104 valence electrons. The van der Waals surface area contributed by atoms with Crippen LogP contribution >= 0.6 is 27.9 Å². The first-order valence-electron chi connectivity index (χ1n) is 6.15. The number of nitrogens with one attached hydrogen (secondary N) is 1.